The molecule has 0 fully saturated rings. The van der Waals surface area contributed by atoms with Crippen LogP contribution in [0.2, 0.25) is 0 Å². The van der Waals surface area contributed by atoms with Crippen molar-refractivity contribution in [3.05, 3.63) is 29.3 Å². The number of nitrogens with one attached hydrogen (secondary N) is 1. The van der Waals surface area contributed by atoms with Gasteiger partial charge in [-0.3, -0.25) is 0 Å². The van der Waals surface area contributed by atoms with Crippen molar-refractivity contribution in [2.75, 3.05) is 19.4 Å². The van der Waals surface area contributed by atoms with E-state index in [1.54, 1.807) is 7.11 Å². The van der Waals surface area contributed by atoms with Crippen LogP contribution >= 0.6 is 0 Å². The molecule has 5 heteroatoms. The Balaban J connectivity index is 2.83. The molecule has 0 saturated carbocycles. The third kappa shape index (κ3) is 6.48. The molecule has 1 N–H and O–H groups in total. The first kappa shape index (κ1) is 18.0. The summed E-state index contributed by atoms with van der Waals surface area (Å²) < 4.78 is 29.7. The summed E-state index contributed by atoms with van der Waals surface area (Å²) in [4.78, 5) is 0. The zero-order chi connectivity index (χ0) is 15.7. The Hall–Kier alpha value is -1.07. The maximum absolute atomic E-state index is 12.2. The molecule has 0 radical (unpaired) electrons. The molecule has 0 aliphatic rings. The van der Waals surface area contributed by atoms with Crippen LogP contribution in [-0.2, 0) is 22.1 Å². The van der Waals surface area contributed by atoms with E-state index in [1.807, 2.05) is 25.1 Å². The van der Waals surface area contributed by atoms with Crippen molar-refractivity contribution in [3.63, 3.8) is 0 Å². The van der Waals surface area contributed by atoms with E-state index in [0.29, 0.717) is 5.75 Å². The molecule has 0 amide bonds. The molecule has 1 rings (SSSR count). The van der Waals surface area contributed by atoms with Gasteiger partial charge in [0, 0.05) is 12.1 Å². The average molecular weight is 313 g/mol. The molecule has 0 bridgehead atoms. The van der Waals surface area contributed by atoms with Crippen LogP contribution in [0.15, 0.2) is 18.2 Å². The van der Waals surface area contributed by atoms with Gasteiger partial charge >= 0.3 is 0 Å². The fraction of sp³-hybridized carbons (Fsp3) is 0.625. The summed E-state index contributed by atoms with van der Waals surface area (Å²) in [5, 5.41) is 3.24. The summed E-state index contributed by atoms with van der Waals surface area (Å²) in [6.07, 6.45) is 2.71. The summed E-state index contributed by atoms with van der Waals surface area (Å²) in [5.41, 5.74) is 1.83. The first-order chi connectivity index (χ1) is 10.0. The van der Waals surface area contributed by atoms with E-state index in [1.165, 1.54) is 0 Å². The van der Waals surface area contributed by atoms with Crippen molar-refractivity contribution in [2.45, 2.75) is 45.4 Å². The SMILES string of the molecule is CCCCCS(=O)(=O)Cc1cc(CNCC)ccc1OC. The van der Waals surface area contributed by atoms with Crippen molar-refractivity contribution >= 4 is 9.84 Å². The van der Waals surface area contributed by atoms with E-state index in [-0.39, 0.29) is 11.5 Å². The summed E-state index contributed by atoms with van der Waals surface area (Å²) >= 11 is 0. The highest BCUT2D eigenvalue weighted by Crippen LogP contribution is 2.23. The maximum Gasteiger partial charge on any atom is 0.154 e. The van der Waals surface area contributed by atoms with Gasteiger partial charge in [0.2, 0.25) is 0 Å². The number of hydrogen-bond acceptors (Lipinski definition) is 4. The molecule has 1 aromatic carbocycles. The lowest BCUT2D eigenvalue weighted by Crippen LogP contribution is -2.13. The van der Waals surface area contributed by atoms with Crippen LogP contribution < -0.4 is 10.1 Å². The fourth-order valence-corrected chi connectivity index (χ4v) is 3.69. The van der Waals surface area contributed by atoms with E-state index < -0.39 is 9.84 Å². The Morgan fingerprint density at radius 3 is 2.57 bits per heavy atom. The van der Waals surface area contributed by atoms with Crippen molar-refractivity contribution in [3.8, 4) is 5.75 Å². The molecule has 0 spiro atoms. The zero-order valence-electron chi connectivity index (χ0n) is 13.3. The summed E-state index contributed by atoms with van der Waals surface area (Å²) in [7, 11) is -1.50. The monoisotopic (exact) mass is 313 g/mol. The van der Waals surface area contributed by atoms with Crippen molar-refractivity contribution < 1.29 is 13.2 Å². The summed E-state index contributed by atoms with van der Waals surface area (Å²) in [5.74, 6) is 0.954. The topological polar surface area (TPSA) is 55.4 Å². The standard InChI is InChI=1S/C16H27NO3S/c1-4-6-7-10-21(18,19)13-15-11-14(12-17-5-2)8-9-16(15)20-3/h8-9,11,17H,4-7,10,12-13H2,1-3H3. The van der Waals surface area contributed by atoms with Gasteiger partial charge in [0.1, 0.15) is 5.75 Å². The van der Waals surface area contributed by atoms with Crippen LogP contribution in [0, 0.1) is 0 Å². The molecule has 0 aliphatic carbocycles. The first-order valence-corrected chi connectivity index (χ1v) is 9.41. The van der Waals surface area contributed by atoms with Gasteiger partial charge in [0.05, 0.1) is 18.6 Å². The van der Waals surface area contributed by atoms with E-state index in [2.05, 4.69) is 12.2 Å². The molecule has 0 saturated heterocycles. The highest BCUT2D eigenvalue weighted by Gasteiger charge is 2.15. The number of hydrogen-bond donors (Lipinski definition) is 1. The lowest BCUT2D eigenvalue weighted by Gasteiger charge is -2.12. The molecule has 1 aromatic rings. The predicted molar refractivity (Wildman–Crippen MR) is 87.4 cm³/mol. The fourth-order valence-electron chi connectivity index (χ4n) is 2.21. The Morgan fingerprint density at radius 1 is 1.19 bits per heavy atom. The second kappa shape index (κ2) is 9.05. The maximum atomic E-state index is 12.2. The highest BCUT2D eigenvalue weighted by atomic mass is 32.2. The van der Waals surface area contributed by atoms with Gasteiger partial charge in [-0.25, -0.2) is 8.42 Å². The van der Waals surface area contributed by atoms with Gasteiger partial charge in [-0.15, -0.1) is 0 Å². The predicted octanol–water partition coefficient (Wildman–Crippen LogP) is 2.91. The van der Waals surface area contributed by atoms with Gasteiger partial charge in [0.15, 0.2) is 9.84 Å². The van der Waals surface area contributed by atoms with Gasteiger partial charge in [-0.2, -0.15) is 0 Å². The van der Waals surface area contributed by atoms with E-state index in [0.717, 1.165) is 43.5 Å². The van der Waals surface area contributed by atoms with Crippen LogP contribution in [0.3, 0.4) is 0 Å². The zero-order valence-corrected chi connectivity index (χ0v) is 14.1. The molecule has 21 heavy (non-hydrogen) atoms. The Labute approximate surface area is 128 Å². The molecular formula is C16H27NO3S. The smallest absolute Gasteiger partial charge is 0.154 e. The van der Waals surface area contributed by atoms with Crippen molar-refractivity contribution in [2.24, 2.45) is 0 Å². The number of rotatable bonds is 10. The normalized spacial score (nSPS) is 11.6. The molecule has 120 valence electrons. The van der Waals surface area contributed by atoms with Gasteiger partial charge in [-0.1, -0.05) is 32.8 Å². The molecular weight excluding hydrogens is 286 g/mol. The largest absolute Gasteiger partial charge is 0.496 e. The number of sulfone groups is 1. The molecule has 0 aliphatic heterocycles. The molecule has 0 aromatic heterocycles. The minimum atomic E-state index is -3.08. The molecule has 0 unspecified atom stereocenters. The Bertz CT molecular complexity index is 526. The molecule has 0 atom stereocenters. The summed E-state index contributed by atoms with van der Waals surface area (Å²) in [6.45, 7) is 5.74. The van der Waals surface area contributed by atoms with Crippen LogP contribution in [0.5, 0.6) is 5.75 Å². The minimum Gasteiger partial charge on any atom is -0.496 e. The quantitative estimate of drug-likeness (QED) is 0.675. The van der Waals surface area contributed by atoms with Gasteiger partial charge < -0.3 is 10.1 Å². The lowest BCUT2D eigenvalue weighted by atomic mass is 10.1. The minimum absolute atomic E-state index is 0.0554. The number of benzene rings is 1. The van der Waals surface area contributed by atoms with Crippen LogP contribution in [0.1, 0.15) is 44.2 Å². The van der Waals surface area contributed by atoms with E-state index in [9.17, 15) is 8.42 Å². The third-order valence-electron chi connectivity index (χ3n) is 3.36. The second-order valence-electron chi connectivity index (χ2n) is 5.23. The van der Waals surface area contributed by atoms with Crippen molar-refractivity contribution in [1.82, 2.24) is 5.32 Å². The first-order valence-electron chi connectivity index (χ1n) is 7.59. The highest BCUT2D eigenvalue weighted by molar-refractivity contribution is 7.90. The Morgan fingerprint density at radius 2 is 1.95 bits per heavy atom. The van der Waals surface area contributed by atoms with E-state index in [4.69, 9.17) is 4.74 Å². The second-order valence-corrected chi connectivity index (χ2v) is 7.41. The third-order valence-corrected chi connectivity index (χ3v) is 5.02. The number of unbranched alkanes of at least 4 members (excludes halogenated alkanes) is 2. The van der Waals surface area contributed by atoms with Crippen LogP contribution in [0.4, 0.5) is 0 Å². The summed E-state index contributed by atoms with van der Waals surface area (Å²) in [6, 6.07) is 5.75. The lowest BCUT2D eigenvalue weighted by molar-refractivity contribution is 0.410. The average Bonchev–Trinajstić information content (AvgIpc) is 2.45. The number of ether oxygens (including phenoxy) is 1. The van der Waals surface area contributed by atoms with Crippen molar-refractivity contribution in [1.29, 1.82) is 0 Å². The van der Waals surface area contributed by atoms with E-state index >= 15 is 0 Å². The number of methoxy groups -OCH3 is 1. The molecule has 0 heterocycles. The van der Waals surface area contributed by atoms with Gasteiger partial charge in [0.25, 0.3) is 0 Å². The molecule has 4 nitrogen and oxygen atoms in total. The Kier molecular flexibility index (Phi) is 7.75. The van der Waals surface area contributed by atoms with Crippen LogP contribution in [0.25, 0.3) is 0 Å². The van der Waals surface area contributed by atoms with Crippen LogP contribution in [-0.4, -0.2) is 27.8 Å². The van der Waals surface area contributed by atoms with Gasteiger partial charge in [-0.05, 0) is 30.7 Å².